The minimum Gasteiger partial charge on any atom is -0.468 e. The number of carbonyl (C=O) groups excluding carboxylic acids is 1. The van der Waals surface area contributed by atoms with Crippen molar-refractivity contribution in [3.05, 3.63) is 23.9 Å². The van der Waals surface area contributed by atoms with Crippen molar-refractivity contribution in [1.29, 1.82) is 0 Å². The van der Waals surface area contributed by atoms with Crippen LogP contribution in [0.1, 0.15) is 56.9 Å². The van der Waals surface area contributed by atoms with Crippen molar-refractivity contribution in [1.82, 2.24) is 14.8 Å². The smallest absolute Gasteiger partial charge is 0.260 e. The van der Waals surface area contributed by atoms with Crippen LogP contribution >= 0.6 is 0 Å². The molecule has 186 valence electrons. The Kier molecular flexibility index (Phi) is 7.96. The molecule has 3 aliphatic carbocycles. The predicted molar refractivity (Wildman–Crippen MR) is 129 cm³/mol. The van der Waals surface area contributed by atoms with E-state index in [-0.39, 0.29) is 18.6 Å². The number of hydrogen-bond acceptors (Lipinski definition) is 7. The second-order valence-corrected chi connectivity index (χ2v) is 10.2. The van der Waals surface area contributed by atoms with Crippen LogP contribution in [0.15, 0.2) is 23.5 Å². The predicted octanol–water partition coefficient (Wildman–Crippen LogP) is 3.10. The maximum Gasteiger partial charge on any atom is 0.260 e. The summed E-state index contributed by atoms with van der Waals surface area (Å²) in [5.74, 6) is 1.95. The Morgan fingerprint density at radius 3 is 2.53 bits per heavy atom. The Bertz CT molecular complexity index is 826. The molecule has 2 aliphatic heterocycles. The Labute approximate surface area is 202 Å². The third-order valence-corrected chi connectivity index (χ3v) is 7.88. The Balaban J connectivity index is 1.22. The summed E-state index contributed by atoms with van der Waals surface area (Å²) in [6.45, 7) is 5.68. The lowest BCUT2D eigenvalue weighted by atomic mass is 9.69. The van der Waals surface area contributed by atoms with Crippen LogP contribution in [0.5, 0.6) is 5.88 Å². The molecule has 1 atom stereocenters. The van der Waals surface area contributed by atoms with Crippen LogP contribution in [0.25, 0.3) is 0 Å². The topological polar surface area (TPSA) is 76.5 Å². The number of piperidine rings is 1. The van der Waals surface area contributed by atoms with Gasteiger partial charge in [-0.1, -0.05) is 5.16 Å². The van der Waals surface area contributed by atoms with E-state index < -0.39 is 0 Å². The molecular weight excluding hydrogens is 432 g/mol. The molecule has 2 bridgehead atoms. The molecular formula is C26H38N4O4. The van der Waals surface area contributed by atoms with Gasteiger partial charge in [-0.2, -0.15) is 0 Å². The molecule has 1 aromatic heterocycles. The second kappa shape index (κ2) is 11.5. The zero-order chi connectivity index (χ0) is 23.2. The lowest BCUT2D eigenvalue weighted by molar-refractivity contribution is -0.134. The third-order valence-electron chi connectivity index (χ3n) is 7.88. The van der Waals surface area contributed by atoms with E-state index in [1.807, 2.05) is 17.0 Å². The van der Waals surface area contributed by atoms with Gasteiger partial charge in [0.25, 0.3) is 5.91 Å². The van der Waals surface area contributed by atoms with E-state index in [4.69, 9.17) is 14.3 Å². The van der Waals surface area contributed by atoms with Gasteiger partial charge in [-0.05, 0) is 69.3 Å². The number of ether oxygens (including phenoxy) is 2. The van der Waals surface area contributed by atoms with Crippen molar-refractivity contribution in [2.75, 3.05) is 52.5 Å². The molecule has 1 unspecified atom stereocenters. The number of fused-ring (bicyclic) bond motifs is 3. The fourth-order valence-electron chi connectivity index (χ4n) is 5.73. The zero-order valence-electron chi connectivity index (χ0n) is 20.2. The monoisotopic (exact) mass is 470 g/mol. The standard InChI is InChI=1S/C26H38N4O4/c31-26(30-10-2-1-3-11-30)19-33-25-9-8-22(17-27-25)23(18-29-12-14-32-15-13-29)28-34-24-16-20-4-6-21(24)7-5-20/h8-9,17,20-21,24H,1-7,10-16,18-19H2. The van der Waals surface area contributed by atoms with Crippen LogP contribution < -0.4 is 4.74 Å². The minimum atomic E-state index is 0.0361. The van der Waals surface area contributed by atoms with Crippen LogP contribution in [-0.2, 0) is 14.4 Å². The number of carbonyl (C=O) groups is 1. The number of morpholine rings is 1. The molecule has 0 spiro atoms. The van der Waals surface area contributed by atoms with Gasteiger partial charge < -0.3 is 19.2 Å². The van der Waals surface area contributed by atoms with E-state index in [1.54, 1.807) is 6.20 Å². The van der Waals surface area contributed by atoms with Gasteiger partial charge in [-0.15, -0.1) is 0 Å². The Morgan fingerprint density at radius 1 is 1.06 bits per heavy atom. The Hall–Kier alpha value is -2.19. The average molecular weight is 471 g/mol. The zero-order valence-corrected chi connectivity index (χ0v) is 20.2. The molecule has 0 N–H and O–H groups in total. The van der Waals surface area contributed by atoms with Gasteiger partial charge in [0.2, 0.25) is 5.88 Å². The quantitative estimate of drug-likeness (QED) is 0.429. The van der Waals surface area contributed by atoms with Crippen LogP contribution in [0.4, 0.5) is 0 Å². The van der Waals surface area contributed by atoms with Crippen molar-refractivity contribution >= 4 is 11.6 Å². The largest absolute Gasteiger partial charge is 0.468 e. The molecule has 5 aliphatic rings. The van der Waals surface area contributed by atoms with Crippen LogP contribution in [-0.4, -0.2) is 85.1 Å². The first-order valence-corrected chi connectivity index (χ1v) is 13.1. The van der Waals surface area contributed by atoms with E-state index in [0.717, 1.165) is 75.8 Å². The van der Waals surface area contributed by atoms with Gasteiger partial charge >= 0.3 is 0 Å². The van der Waals surface area contributed by atoms with Crippen LogP contribution in [0, 0.1) is 11.8 Å². The van der Waals surface area contributed by atoms with Crippen molar-refractivity contribution in [2.45, 2.75) is 57.5 Å². The fourth-order valence-corrected chi connectivity index (χ4v) is 5.73. The first-order valence-electron chi connectivity index (χ1n) is 13.1. The van der Waals surface area contributed by atoms with Gasteiger partial charge in [0.05, 0.1) is 13.2 Å². The van der Waals surface area contributed by atoms with Crippen molar-refractivity contribution in [2.24, 2.45) is 17.0 Å². The highest BCUT2D eigenvalue weighted by atomic mass is 16.6. The number of oxime groups is 1. The summed E-state index contributed by atoms with van der Waals surface area (Å²) in [6.07, 6.45) is 11.8. The van der Waals surface area contributed by atoms with Gasteiger partial charge in [-0.3, -0.25) is 9.69 Å². The number of pyridine rings is 1. The van der Waals surface area contributed by atoms with Crippen LogP contribution in [0.3, 0.4) is 0 Å². The first-order chi connectivity index (χ1) is 16.7. The summed E-state index contributed by atoms with van der Waals surface area (Å²) in [5, 5.41) is 4.69. The normalized spacial score (nSPS) is 28.1. The molecule has 0 radical (unpaired) electrons. The number of amides is 1. The number of rotatable bonds is 8. The van der Waals surface area contributed by atoms with Gasteiger partial charge in [0.1, 0.15) is 11.8 Å². The molecule has 3 saturated carbocycles. The summed E-state index contributed by atoms with van der Waals surface area (Å²) in [6, 6.07) is 3.81. The molecule has 6 rings (SSSR count). The number of hydrogen-bond donors (Lipinski definition) is 0. The highest BCUT2D eigenvalue weighted by Gasteiger charge is 2.37. The lowest BCUT2D eigenvalue weighted by Gasteiger charge is -2.40. The molecule has 3 heterocycles. The van der Waals surface area contributed by atoms with Gasteiger partial charge in [0, 0.05) is 50.6 Å². The van der Waals surface area contributed by atoms with E-state index in [1.165, 1.54) is 32.1 Å². The third kappa shape index (κ3) is 6.08. The fraction of sp³-hybridized carbons (Fsp3) is 0.731. The lowest BCUT2D eigenvalue weighted by Crippen LogP contribution is -2.40. The van der Waals surface area contributed by atoms with Crippen molar-refractivity contribution < 1.29 is 19.1 Å². The highest BCUT2D eigenvalue weighted by Crippen LogP contribution is 2.42. The number of nitrogens with zero attached hydrogens (tertiary/aromatic N) is 4. The Morgan fingerprint density at radius 2 is 1.85 bits per heavy atom. The minimum absolute atomic E-state index is 0.0361. The van der Waals surface area contributed by atoms with E-state index in [9.17, 15) is 4.79 Å². The number of aromatic nitrogens is 1. The maximum atomic E-state index is 12.4. The first kappa shape index (κ1) is 23.5. The molecule has 34 heavy (non-hydrogen) atoms. The highest BCUT2D eigenvalue weighted by molar-refractivity contribution is 6.01. The molecule has 5 fully saturated rings. The molecule has 0 aromatic carbocycles. The molecule has 8 heteroatoms. The summed E-state index contributed by atoms with van der Waals surface area (Å²) >= 11 is 0. The summed E-state index contributed by atoms with van der Waals surface area (Å²) in [4.78, 5) is 27.3. The van der Waals surface area contributed by atoms with Gasteiger partial charge in [0.15, 0.2) is 6.61 Å². The molecule has 1 amide bonds. The maximum absolute atomic E-state index is 12.4. The molecule has 2 saturated heterocycles. The summed E-state index contributed by atoms with van der Waals surface area (Å²) in [7, 11) is 0. The van der Waals surface area contributed by atoms with Crippen molar-refractivity contribution in [3.63, 3.8) is 0 Å². The van der Waals surface area contributed by atoms with E-state index in [2.05, 4.69) is 15.0 Å². The second-order valence-electron chi connectivity index (χ2n) is 10.2. The summed E-state index contributed by atoms with van der Waals surface area (Å²) in [5.41, 5.74) is 1.83. The molecule has 8 nitrogen and oxygen atoms in total. The van der Waals surface area contributed by atoms with Crippen molar-refractivity contribution in [3.8, 4) is 5.88 Å². The summed E-state index contributed by atoms with van der Waals surface area (Å²) < 4.78 is 11.2. The van der Waals surface area contributed by atoms with E-state index in [0.29, 0.717) is 18.3 Å². The SMILES string of the molecule is O=C(COc1ccc(C(CN2CCOCC2)=NOC2CC3CCC2CC3)cn1)N1CCCCC1. The van der Waals surface area contributed by atoms with Crippen LogP contribution in [0.2, 0.25) is 0 Å². The van der Waals surface area contributed by atoms with Gasteiger partial charge in [-0.25, -0.2) is 4.98 Å². The number of likely N-dealkylation sites (tertiary alicyclic amines) is 1. The van der Waals surface area contributed by atoms with E-state index >= 15 is 0 Å². The average Bonchev–Trinajstić information content (AvgIpc) is 2.92. The molecule has 1 aromatic rings.